The second-order valence-corrected chi connectivity index (χ2v) is 5.43. The average Bonchev–Trinajstić information content (AvgIpc) is 2.54. The maximum Gasteiger partial charge on any atom is 0.262 e. The first-order valence-corrected chi connectivity index (χ1v) is 7.51. The van der Waals surface area contributed by atoms with Crippen molar-refractivity contribution in [2.24, 2.45) is 0 Å². The van der Waals surface area contributed by atoms with Gasteiger partial charge >= 0.3 is 0 Å². The number of amides is 1. The molecule has 4 nitrogen and oxygen atoms in total. The summed E-state index contributed by atoms with van der Waals surface area (Å²) in [5, 5.41) is 12.8. The molecule has 0 aliphatic heterocycles. The van der Waals surface area contributed by atoms with Gasteiger partial charge in [-0.2, -0.15) is 0 Å². The largest absolute Gasteiger partial charge is 0.483 e. The number of aliphatic hydroxyl groups excluding tert-OH is 1. The fraction of sp³-hybridized carbons (Fsp3) is 0.278. The molecule has 4 heteroatoms. The topological polar surface area (TPSA) is 58.6 Å². The van der Waals surface area contributed by atoms with Crippen LogP contribution in [0.25, 0.3) is 0 Å². The Balaban J connectivity index is 1.64. The molecule has 0 heterocycles. The Hall–Kier alpha value is -2.33. The molecule has 2 aromatic rings. The molecular formula is C18H19NO3. The van der Waals surface area contributed by atoms with E-state index in [1.54, 1.807) is 0 Å². The molecule has 0 radical (unpaired) electrons. The van der Waals surface area contributed by atoms with E-state index in [0.29, 0.717) is 5.75 Å². The van der Waals surface area contributed by atoms with Crippen LogP contribution < -0.4 is 10.1 Å². The molecule has 1 atom stereocenters. The van der Waals surface area contributed by atoms with E-state index in [9.17, 15) is 9.90 Å². The second-order valence-electron chi connectivity index (χ2n) is 5.43. The van der Waals surface area contributed by atoms with Gasteiger partial charge in [0.25, 0.3) is 5.91 Å². The first-order chi connectivity index (χ1) is 10.7. The minimum absolute atomic E-state index is 0.0402. The van der Waals surface area contributed by atoms with Gasteiger partial charge in [0, 0.05) is 5.69 Å². The summed E-state index contributed by atoms with van der Waals surface area (Å²) in [5.41, 5.74) is 2.70. The van der Waals surface area contributed by atoms with Crippen LogP contribution in [0.4, 0.5) is 5.69 Å². The average molecular weight is 297 g/mol. The van der Waals surface area contributed by atoms with Gasteiger partial charge < -0.3 is 15.2 Å². The van der Waals surface area contributed by atoms with Crippen LogP contribution in [-0.2, 0) is 11.2 Å². The Morgan fingerprint density at radius 1 is 1.18 bits per heavy atom. The van der Waals surface area contributed by atoms with E-state index < -0.39 is 6.10 Å². The van der Waals surface area contributed by atoms with Crippen molar-refractivity contribution in [2.45, 2.75) is 25.4 Å². The Kier molecular flexibility index (Phi) is 4.39. The third-order valence-corrected chi connectivity index (χ3v) is 3.85. The van der Waals surface area contributed by atoms with E-state index in [1.807, 2.05) is 48.5 Å². The molecule has 2 aromatic carbocycles. The van der Waals surface area contributed by atoms with E-state index >= 15 is 0 Å². The number of fused-ring (bicyclic) bond motifs is 1. The third kappa shape index (κ3) is 3.28. The molecule has 0 aromatic heterocycles. The number of hydrogen-bond donors (Lipinski definition) is 2. The van der Waals surface area contributed by atoms with E-state index in [2.05, 4.69) is 5.32 Å². The van der Waals surface area contributed by atoms with Gasteiger partial charge in [-0.1, -0.05) is 30.3 Å². The zero-order valence-electron chi connectivity index (χ0n) is 12.3. The highest BCUT2D eigenvalue weighted by atomic mass is 16.5. The van der Waals surface area contributed by atoms with Gasteiger partial charge in [0.1, 0.15) is 5.75 Å². The maximum absolute atomic E-state index is 11.9. The maximum atomic E-state index is 11.9. The number of carbonyl (C=O) groups excluding carboxylic acids is 1. The predicted molar refractivity (Wildman–Crippen MR) is 84.9 cm³/mol. The molecule has 22 heavy (non-hydrogen) atoms. The van der Waals surface area contributed by atoms with Crippen LogP contribution in [0.15, 0.2) is 48.5 Å². The lowest BCUT2D eigenvalue weighted by atomic mass is 9.89. The number of para-hydroxylation sites is 1. The number of aliphatic hydroxyl groups is 1. The number of carbonyl (C=O) groups is 1. The number of nitrogens with one attached hydrogen (secondary N) is 1. The van der Waals surface area contributed by atoms with Gasteiger partial charge in [-0.15, -0.1) is 0 Å². The Labute approximate surface area is 129 Å². The van der Waals surface area contributed by atoms with Crippen LogP contribution in [0.2, 0.25) is 0 Å². The molecule has 114 valence electrons. The van der Waals surface area contributed by atoms with Crippen molar-refractivity contribution in [3.05, 3.63) is 59.7 Å². The predicted octanol–water partition coefficient (Wildman–Crippen LogP) is 3.07. The summed E-state index contributed by atoms with van der Waals surface area (Å²) >= 11 is 0. The molecule has 3 rings (SSSR count). The van der Waals surface area contributed by atoms with Crippen LogP contribution in [0.3, 0.4) is 0 Å². The SMILES string of the molecule is O=C(COc1cccc2c1CCC[C@@H]2O)Nc1ccccc1. The van der Waals surface area contributed by atoms with Crippen molar-refractivity contribution in [1.29, 1.82) is 0 Å². The highest BCUT2D eigenvalue weighted by Gasteiger charge is 2.21. The lowest BCUT2D eigenvalue weighted by Gasteiger charge is -2.23. The minimum atomic E-state index is -0.426. The van der Waals surface area contributed by atoms with Gasteiger partial charge in [0.2, 0.25) is 0 Å². The smallest absolute Gasteiger partial charge is 0.262 e. The zero-order chi connectivity index (χ0) is 15.4. The molecule has 0 saturated heterocycles. The summed E-state index contributed by atoms with van der Waals surface area (Å²) in [6, 6.07) is 14.9. The Morgan fingerprint density at radius 3 is 2.82 bits per heavy atom. The fourth-order valence-corrected chi connectivity index (χ4v) is 2.79. The highest BCUT2D eigenvalue weighted by molar-refractivity contribution is 5.91. The Bertz CT molecular complexity index is 655. The molecule has 0 saturated carbocycles. The summed E-state index contributed by atoms with van der Waals surface area (Å²) < 4.78 is 5.66. The molecule has 0 spiro atoms. The Morgan fingerprint density at radius 2 is 2.00 bits per heavy atom. The summed E-state index contributed by atoms with van der Waals surface area (Å²) in [6.07, 6.45) is 2.17. The first-order valence-electron chi connectivity index (χ1n) is 7.51. The number of hydrogen-bond acceptors (Lipinski definition) is 3. The zero-order valence-corrected chi connectivity index (χ0v) is 12.3. The molecule has 1 aliphatic rings. The molecule has 0 bridgehead atoms. The lowest BCUT2D eigenvalue weighted by Crippen LogP contribution is -2.21. The van der Waals surface area contributed by atoms with Crippen molar-refractivity contribution in [2.75, 3.05) is 11.9 Å². The van der Waals surface area contributed by atoms with Crippen LogP contribution in [0.1, 0.15) is 30.1 Å². The summed E-state index contributed by atoms with van der Waals surface area (Å²) in [6.45, 7) is -0.0402. The van der Waals surface area contributed by atoms with E-state index in [0.717, 1.165) is 36.1 Å². The number of rotatable bonds is 4. The summed E-state index contributed by atoms with van der Waals surface area (Å²) in [5.74, 6) is 0.500. The number of anilines is 1. The third-order valence-electron chi connectivity index (χ3n) is 3.85. The lowest BCUT2D eigenvalue weighted by molar-refractivity contribution is -0.118. The van der Waals surface area contributed by atoms with Gasteiger partial charge in [-0.05, 0) is 48.6 Å². The van der Waals surface area contributed by atoms with Crippen molar-refractivity contribution in [1.82, 2.24) is 0 Å². The van der Waals surface area contributed by atoms with Gasteiger partial charge in [-0.3, -0.25) is 4.79 Å². The minimum Gasteiger partial charge on any atom is -0.483 e. The monoisotopic (exact) mass is 297 g/mol. The number of ether oxygens (including phenoxy) is 1. The summed E-state index contributed by atoms with van der Waals surface area (Å²) in [4.78, 5) is 11.9. The van der Waals surface area contributed by atoms with E-state index in [4.69, 9.17) is 4.74 Å². The van der Waals surface area contributed by atoms with Crippen LogP contribution in [-0.4, -0.2) is 17.6 Å². The molecule has 2 N–H and O–H groups in total. The van der Waals surface area contributed by atoms with E-state index in [1.165, 1.54) is 0 Å². The first kappa shape index (κ1) is 14.6. The van der Waals surface area contributed by atoms with Crippen LogP contribution >= 0.6 is 0 Å². The van der Waals surface area contributed by atoms with Crippen molar-refractivity contribution in [3.8, 4) is 5.75 Å². The van der Waals surface area contributed by atoms with Crippen LogP contribution in [0.5, 0.6) is 5.75 Å². The molecule has 1 amide bonds. The quantitative estimate of drug-likeness (QED) is 0.912. The summed E-state index contributed by atoms with van der Waals surface area (Å²) in [7, 11) is 0. The van der Waals surface area contributed by atoms with Crippen molar-refractivity contribution >= 4 is 11.6 Å². The van der Waals surface area contributed by atoms with Gasteiger partial charge in [-0.25, -0.2) is 0 Å². The molecule has 1 aliphatic carbocycles. The second kappa shape index (κ2) is 6.62. The molecular weight excluding hydrogens is 278 g/mol. The van der Waals surface area contributed by atoms with Gasteiger partial charge in [0.15, 0.2) is 6.61 Å². The fourth-order valence-electron chi connectivity index (χ4n) is 2.79. The highest BCUT2D eigenvalue weighted by Crippen LogP contribution is 2.35. The van der Waals surface area contributed by atoms with E-state index in [-0.39, 0.29) is 12.5 Å². The normalized spacial score (nSPS) is 16.7. The van der Waals surface area contributed by atoms with Crippen molar-refractivity contribution < 1.29 is 14.6 Å². The van der Waals surface area contributed by atoms with Gasteiger partial charge in [0.05, 0.1) is 6.10 Å². The van der Waals surface area contributed by atoms with Crippen LogP contribution in [0, 0.1) is 0 Å². The number of benzene rings is 2. The molecule has 0 unspecified atom stereocenters. The standard InChI is InChI=1S/C18H19NO3/c20-16-10-4-9-15-14(16)8-5-11-17(15)22-12-18(21)19-13-6-2-1-3-7-13/h1-3,5-8,11,16,20H,4,9-10,12H2,(H,19,21)/t16-/m0/s1. The molecule has 0 fully saturated rings. The van der Waals surface area contributed by atoms with Crippen molar-refractivity contribution in [3.63, 3.8) is 0 Å².